The van der Waals surface area contributed by atoms with Crippen molar-refractivity contribution >= 4 is 33.5 Å². The molecule has 3 rings (SSSR count). The highest BCUT2D eigenvalue weighted by molar-refractivity contribution is 7.89. The molecule has 1 aromatic carbocycles. The van der Waals surface area contributed by atoms with E-state index in [1.165, 1.54) is 32.3 Å². The molecule has 0 amide bonds. The topological polar surface area (TPSA) is 101 Å². The largest absolute Gasteiger partial charge is 0.493 e. The Labute approximate surface area is 181 Å². The zero-order valence-corrected chi connectivity index (χ0v) is 18.5. The van der Waals surface area contributed by atoms with Crippen LogP contribution in [0.5, 0.6) is 5.88 Å². The molecule has 7 nitrogen and oxygen atoms in total. The quantitative estimate of drug-likeness (QED) is 0.595. The minimum Gasteiger partial charge on any atom is -0.493 e. The number of benzene rings is 1. The molecule has 0 bridgehead atoms. The van der Waals surface area contributed by atoms with Crippen LogP contribution < -0.4 is 5.73 Å². The van der Waals surface area contributed by atoms with Crippen molar-refractivity contribution in [3.8, 4) is 17.0 Å². The van der Waals surface area contributed by atoms with Crippen LogP contribution in [-0.4, -0.2) is 48.0 Å². The Hall–Kier alpha value is -2.46. The highest BCUT2D eigenvalue weighted by Gasteiger charge is 2.22. The molecule has 10 heteroatoms. The molecule has 0 saturated carbocycles. The van der Waals surface area contributed by atoms with Crippen LogP contribution in [-0.2, 0) is 16.6 Å². The van der Waals surface area contributed by atoms with Gasteiger partial charge in [-0.3, -0.25) is 0 Å². The molecule has 0 unspecified atom stereocenters. The summed E-state index contributed by atoms with van der Waals surface area (Å²) in [5.41, 5.74) is 8.41. The number of pyridine rings is 1. The average Bonchev–Trinajstić information content (AvgIpc) is 2.92. The van der Waals surface area contributed by atoms with Gasteiger partial charge in [0.15, 0.2) is 0 Å². The lowest BCUT2D eigenvalue weighted by Gasteiger charge is -2.12. The highest BCUT2D eigenvalue weighted by Crippen LogP contribution is 2.36. The van der Waals surface area contributed by atoms with E-state index in [-0.39, 0.29) is 36.3 Å². The monoisotopic (exact) mass is 454 g/mol. The number of rotatable bonds is 6. The van der Waals surface area contributed by atoms with Gasteiger partial charge in [0, 0.05) is 38.0 Å². The molecule has 0 atom stereocenters. The number of nitrogens with two attached hydrogens (primary N) is 1. The van der Waals surface area contributed by atoms with Gasteiger partial charge >= 0.3 is 0 Å². The van der Waals surface area contributed by atoms with Gasteiger partial charge in [0.1, 0.15) is 11.3 Å². The van der Waals surface area contributed by atoms with Crippen LogP contribution in [0.25, 0.3) is 22.2 Å². The maximum Gasteiger partial charge on any atom is 0.242 e. The third-order valence-electron chi connectivity index (χ3n) is 4.70. The predicted molar refractivity (Wildman–Crippen MR) is 118 cm³/mol. The van der Waals surface area contributed by atoms with Crippen LogP contribution in [0.4, 0.5) is 4.39 Å². The molecule has 30 heavy (non-hydrogen) atoms. The molecule has 2 aromatic heterocycles. The molecule has 3 N–H and O–H groups in total. The van der Waals surface area contributed by atoms with E-state index in [2.05, 4.69) is 4.98 Å². The van der Waals surface area contributed by atoms with Crippen LogP contribution in [0, 0.1) is 6.92 Å². The van der Waals surface area contributed by atoms with Crippen molar-refractivity contribution in [2.75, 3.05) is 20.6 Å². The molecule has 2 heterocycles. The van der Waals surface area contributed by atoms with E-state index < -0.39 is 15.9 Å². The van der Waals surface area contributed by atoms with Gasteiger partial charge in [0.2, 0.25) is 15.9 Å². The molecule has 162 valence electrons. The summed E-state index contributed by atoms with van der Waals surface area (Å²) in [4.78, 5) is 4.36. The van der Waals surface area contributed by atoms with Gasteiger partial charge in [0.05, 0.1) is 17.0 Å². The molecule has 0 radical (unpaired) electrons. The highest BCUT2D eigenvalue weighted by atomic mass is 35.5. The summed E-state index contributed by atoms with van der Waals surface area (Å²) >= 11 is 0. The van der Waals surface area contributed by atoms with Gasteiger partial charge in [-0.15, -0.1) is 12.4 Å². The summed E-state index contributed by atoms with van der Waals surface area (Å²) in [5.74, 6) is -0.568. The van der Waals surface area contributed by atoms with Crippen molar-refractivity contribution in [3.05, 3.63) is 54.0 Å². The fourth-order valence-electron chi connectivity index (χ4n) is 3.25. The molecular formula is C20H24ClFN4O3S. The summed E-state index contributed by atoms with van der Waals surface area (Å²) in [7, 11) is -0.700. The van der Waals surface area contributed by atoms with Gasteiger partial charge in [-0.05, 0) is 36.8 Å². The Kier molecular flexibility index (Phi) is 7.25. The fraction of sp³-hybridized carbons (Fsp3) is 0.250. The molecule has 0 aliphatic carbocycles. The van der Waals surface area contributed by atoms with Crippen molar-refractivity contribution in [1.29, 1.82) is 0 Å². The third kappa shape index (κ3) is 4.34. The smallest absolute Gasteiger partial charge is 0.242 e. The van der Waals surface area contributed by atoms with Gasteiger partial charge in [-0.25, -0.2) is 22.1 Å². The van der Waals surface area contributed by atoms with Gasteiger partial charge in [-0.1, -0.05) is 12.1 Å². The van der Waals surface area contributed by atoms with E-state index in [1.54, 1.807) is 35.8 Å². The van der Waals surface area contributed by atoms with E-state index in [0.29, 0.717) is 27.9 Å². The van der Waals surface area contributed by atoms with Gasteiger partial charge in [-0.2, -0.15) is 0 Å². The van der Waals surface area contributed by atoms with Crippen LogP contribution in [0.3, 0.4) is 0 Å². The van der Waals surface area contributed by atoms with E-state index in [9.17, 15) is 17.9 Å². The summed E-state index contributed by atoms with van der Waals surface area (Å²) in [5, 5.41) is 9.90. The first-order valence-electron chi connectivity index (χ1n) is 8.93. The number of aromatic nitrogens is 2. The predicted octanol–water partition coefficient (Wildman–Crippen LogP) is 3.20. The number of halogens is 2. The van der Waals surface area contributed by atoms with Crippen LogP contribution in [0.15, 0.2) is 53.2 Å². The molecular weight excluding hydrogens is 431 g/mol. The molecule has 0 fully saturated rings. The number of hydrogen-bond acceptors (Lipinski definition) is 5. The summed E-state index contributed by atoms with van der Waals surface area (Å²) < 4.78 is 42.1. The number of aromatic hydroxyl groups is 1. The molecule has 0 spiro atoms. The molecule has 0 aliphatic heterocycles. The first-order chi connectivity index (χ1) is 13.7. The maximum absolute atomic E-state index is 14.2. The zero-order valence-electron chi connectivity index (χ0n) is 16.8. The van der Waals surface area contributed by atoms with E-state index in [4.69, 9.17) is 5.73 Å². The van der Waals surface area contributed by atoms with Crippen molar-refractivity contribution in [2.24, 2.45) is 5.73 Å². The first-order valence-corrected chi connectivity index (χ1v) is 10.4. The van der Waals surface area contributed by atoms with Crippen molar-refractivity contribution in [2.45, 2.75) is 18.4 Å². The van der Waals surface area contributed by atoms with Crippen LogP contribution in [0.2, 0.25) is 0 Å². The number of sulfonamides is 1. The summed E-state index contributed by atoms with van der Waals surface area (Å²) in [6.45, 7) is 1.85. The normalized spacial score (nSPS) is 12.4. The second-order valence-electron chi connectivity index (χ2n) is 6.79. The lowest BCUT2D eigenvalue weighted by molar-refractivity contribution is 0.456. The van der Waals surface area contributed by atoms with Crippen molar-refractivity contribution in [3.63, 3.8) is 0 Å². The van der Waals surface area contributed by atoms with E-state index in [1.807, 2.05) is 0 Å². The second kappa shape index (κ2) is 9.13. The number of hydrogen-bond donors (Lipinski definition) is 2. The fourth-order valence-corrected chi connectivity index (χ4v) is 4.19. The lowest BCUT2D eigenvalue weighted by Crippen LogP contribution is -2.22. The molecule has 0 saturated heterocycles. The Morgan fingerprint density at radius 1 is 1.30 bits per heavy atom. The van der Waals surface area contributed by atoms with Gasteiger partial charge in [0.25, 0.3) is 0 Å². The van der Waals surface area contributed by atoms with E-state index >= 15 is 0 Å². The first kappa shape index (κ1) is 23.8. The minimum atomic E-state index is -3.63. The zero-order chi connectivity index (χ0) is 21.3. The molecule has 3 aromatic rings. The number of nitrogens with zero attached hydrogens (tertiary/aromatic N) is 3. The second-order valence-corrected chi connectivity index (χ2v) is 8.94. The minimum absolute atomic E-state index is 0. The third-order valence-corrected chi connectivity index (χ3v) is 6.51. The van der Waals surface area contributed by atoms with E-state index in [0.717, 1.165) is 4.31 Å². The number of fused-ring (bicyclic) bond motifs is 1. The maximum atomic E-state index is 14.2. The summed E-state index contributed by atoms with van der Waals surface area (Å²) in [6.07, 6.45) is 1.29. The van der Waals surface area contributed by atoms with Gasteiger partial charge < -0.3 is 15.4 Å². The van der Waals surface area contributed by atoms with Crippen molar-refractivity contribution < 1.29 is 17.9 Å². The molecule has 0 aliphatic rings. The van der Waals surface area contributed by atoms with Crippen molar-refractivity contribution in [1.82, 2.24) is 13.9 Å². The Morgan fingerprint density at radius 2 is 2.00 bits per heavy atom. The Balaban J connectivity index is 0.00000320. The SMILES string of the molecule is Cc1c(-c2cccc(S(=O)(=O)N(C)C)c2)c2nc(O)ccc2n1C/C(F)=C/CN.Cl. The van der Waals surface area contributed by atoms with Crippen LogP contribution in [0.1, 0.15) is 5.69 Å². The average molecular weight is 455 g/mol. The Bertz CT molecular complexity index is 1210. The van der Waals surface area contributed by atoms with Crippen LogP contribution >= 0.6 is 12.4 Å². The Morgan fingerprint density at radius 3 is 2.63 bits per heavy atom. The number of allylic oxidation sites excluding steroid dienone is 1. The summed E-state index contributed by atoms with van der Waals surface area (Å²) in [6, 6.07) is 9.57. The standard InChI is InChI=1S/C20H23FN4O3S.ClH/c1-13-19(14-5-4-6-16(11-14)29(27,28)24(2)3)20-17(7-8-18(26)23-20)25(13)12-15(21)9-10-22;/h4-9,11H,10,12,22H2,1-3H3,(H,23,26);1H/b15-9-;. The lowest BCUT2D eigenvalue weighted by atomic mass is 10.1.